The molecule has 0 unspecified atom stereocenters. The van der Waals surface area contributed by atoms with E-state index in [-0.39, 0.29) is 11.9 Å². The van der Waals surface area contributed by atoms with E-state index in [0.717, 1.165) is 21.6 Å². The Balaban J connectivity index is 1.57. The maximum Gasteiger partial charge on any atom is 0.348 e. The average molecular weight is 455 g/mol. The predicted molar refractivity (Wildman–Crippen MR) is 124 cm³/mol. The number of carbonyl (C=O) groups is 2. The zero-order chi connectivity index (χ0) is 22.8. The predicted octanol–water partition coefficient (Wildman–Crippen LogP) is 3.46. The van der Waals surface area contributed by atoms with E-state index in [4.69, 9.17) is 14.5 Å². The lowest BCUT2D eigenvalue weighted by Gasteiger charge is -2.36. The van der Waals surface area contributed by atoms with Gasteiger partial charge in [-0.25, -0.2) is 14.8 Å². The molecule has 0 saturated carbocycles. The molecule has 0 aliphatic carbocycles. The van der Waals surface area contributed by atoms with Crippen LogP contribution in [0.4, 0.5) is 5.82 Å². The van der Waals surface area contributed by atoms with Crippen LogP contribution in [-0.2, 0) is 4.74 Å². The molecule has 0 radical (unpaired) electrons. The first-order valence-electron chi connectivity index (χ1n) is 10.6. The molecular formula is C23H26N4O4S. The van der Waals surface area contributed by atoms with Gasteiger partial charge in [-0.05, 0) is 44.5 Å². The van der Waals surface area contributed by atoms with Crippen molar-refractivity contribution in [3.63, 3.8) is 0 Å². The normalized spacial score (nSPS) is 14.0. The second-order valence-corrected chi connectivity index (χ2v) is 8.56. The van der Waals surface area contributed by atoms with Crippen LogP contribution in [0.3, 0.4) is 0 Å². The third kappa shape index (κ3) is 4.12. The first-order chi connectivity index (χ1) is 15.4. The van der Waals surface area contributed by atoms with Crippen molar-refractivity contribution in [2.24, 2.45) is 0 Å². The largest absolute Gasteiger partial charge is 0.497 e. The Hall–Kier alpha value is -3.20. The fraction of sp³-hybridized carbons (Fsp3) is 0.391. The molecule has 3 heterocycles. The Morgan fingerprint density at radius 3 is 2.56 bits per heavy atom. The zero-order valence-electron chi connectivity index (χ0n) is 18.7. The number of benzene rings is 1. The van der Waals surface area contributed by atoms with E-state index in [9.17, 15) is 9.59 Å². The van der Waals surface area contributed by atoms with Crippen molar-refractivity contribution >= 4 is 39.2 Å². The molecule has 0 atom stereocenters. The highest BCUT2D eigenvalue weighted by Gasteiger charge is 2.27. The lowest BCUT2D eigenvalue weighted by atomic mass is 10.1. The Labute approximate surface area is 190 Å². The summed E-state index contributed by atoms with van der Waals surface area (Å²) >= 11 is 1.34. The van der Waals surface area contributed by atoms with Crippen LogP contribution in [-0.4, -0.2) is 66.6 Å². The van der Waals surface area contributed by atoms with Crippen LogP contribution >= 0.6 is 11.3 Å². The molecule has 32 heavy (non-hydrogen) atoms. The molecule has 168 valence electrons. The van der Waals surface area contributed by atoms with Crippen LogP contribution in [0.15, 0.2) is 24.3 Å². The number of hydrogen-bond donors (Lipinski definition) is 0. The molecule has 0 spiro atoms. The summed E-state index contributed by atoms with van der Waals surface area (Å²) in [5.41, 5.74) is 1.46. The van der Waals surface area contributed by atoms with Crippen LogP contribution in [0, 0.1) is 13.8 Å². The van der Waals surface area contributed by atoms with Gasteiger partial charge in [-0.3, -0.25) is 4.79 Å². The van der Waals surface area contributed by atoms with Gasteiger partial charge in [0, 0.05) is 31.7 Å². The van der Waals surface area contributed by atoms with Gasteiger partial charge in [0.2, 0.25) is 0 Å². The fourth-order valence-electron chi connectivity index (χ4n) is 3.90. The number of amides is 1. The van der Waals surface area contributed by atoms with Gasteiger partial charge in [0.05, 0.1) is 19.1 Å². The minimum Gasteiger partial charge on any atom is -0.497 e. The zero-order valence-corrected chi connectivity index (χ0v) is 19.5. The summed E-state index contributed by atoms with van der Waals surface area (Å²) in [5.74, 6) is 1.79. The monoisotopic (exact) mass is 454 g/mol. The van der Waals surface area contributed by atoms with Gasteiger partial charge in [0.25, 0.3) is 5.91 Å². The highest BCUT2D eigenvalue weighted by Crippen LogP contribution is 2.36. The topological polar surface area (TPSA) is 84.9 Å². The van der Waals surface area contributed by atoms with Crippen LogP contribution < -0.4 is 9.64 Å². The van der Waals surface area contributed by atoms with Crippen molar-refractivity contribution < 1.29 is 19.1 Å². The molecule has 4 rings (SSSR count). The number of anilines is 1. The van der Waals surface area contributed by atoms with Crippen molar-refractivity contribution in [3.05, 3.63) is 46.1 Å². The number of rotatable bonds is 5. The Kier molecular flexibility index (Phi) is 6.27. The minimum absolute atomic E-state index is 0.0103. The number of aromatic nitrogens is 2. The molecule has 8 nitrogen and oxygen atoms in total. The van der Waals surface area contributed by atoms with Gasteiger partial charge in [0.1, 0.15) is 27.1 Å². The van der Waals surface area contributed by atoms with Gasteiger partial charge < -0.3 is 19.3 Å². The van der Waals surface area contributed by atoms with Crippen molar-refractivity contribution in [3.8, 4) is 5.75 Å². The summed E-state index contributed by atoms with van der Waals surface area (Å²) in [6.07, 6.45) is 0. The number of carbonyl (C=O) groups excluding carboxylic acids is 2. The van der Waals surface area contributed by atoms with E-state index in [1.807, 2.05) is 30.9 Å². The van der Waals surface area contributed by atoms with E-state index >= 15 is 0 Å². The van der Waals surface area contributed by atoms with Gasteiger partial charge in [0.15, 0.2) is 0 Å². The number of methoxy groups -OCH3 is 1. The first-order valence-corrected chi connectivity index (χ1v) is 11.4. The molecule has 2 aromatic heterocycles. The number of esters is 1. The Morgan fingerprint density at radius 1 is 1.12 bits per heavy atom. The highest BCUT2D eigenvalue weighted by molar-refractivity contribution is 7.20. The van der Waals surface area contributed by atoms with E-state index < -0.39 is 0 Å². The second kappa shape index (κ2) is 9.12. The number of thiophene rings is 1. The summed E-state index contributed by atoms with van der Waals surface area (Å²) in [5, 5.41) is 0.885. The molecule has 0 N–H and O–H groups in total. The van der Waals surface area contributed by atoms with Crippen molar-refractivity contribution in [1.82, 2.24) is 14.9 Å². The third-order valence-electron chi connectivity index (χ3n) is 5.53. The standard InChI is InChI=1S/C23H26N4O4S/c1-5-31-23(29)19-14(2)18-20(24-15(3)25-21(18)32-19)26-9-11-27(12-10-26)22(28)16-7-6-8-17(13-16)30-4/h6-8,13H,5,9-12H2,1-4H3. The summed E-state index contributed by atoms with van der Waals surface area (Å²) in [7, 11) is 1.59. The van der Waals surface area contributed by atoms with Crippen LogP contribution in [0.25, 0.3) is 10.2 Å². The number of piperazine rings is 1. The maximum absolute atomic E-state index is 12.9. The molecule has 3 aromatic rings. The van der Waals surface area contributed by atoms with Gasteiger partial charge in [-0.15, -0.1) is 11.3 Å². The third-order valence-corrected chi connectivity index (χ3v) is 6.69. The number of fused-ring (bicyclic) bond motifs is 1. The van der Waals surface area contributed by atoms with Crippen LogP contribution in [0.5, 0.6) is 5.75 Å². The maximum atomic E-state index is 12.9. The fourth-order valence-corrected chi connectivity index (χ4v) is 5.02. The molecule has 1 aliphatic rings. The number of nitrogens with zero attached hydrogens (tertiary/aromatic N) is 4. The van der Waals surface area contributed by atoms with Gasteiger partial charge in [-0.2, -0.15) is 0 Å². The number of ether oxygens (including phenoxy) is 2. The lowest BCUT2D eigenvalue weighted by Crippen LogP contribution is -2.49. The minimum atomic E-state index is -0.328. The van der Waals surface area contributed by atoms with Gasteiger partial charge >= 0.3 is 5.97 Å². The summed E-state index contributed by atoms with van der Waals surface area (Å²) in [6.45, 7) is 8.33. The quantitative estimate of drug-likeness (QED) is 0.546. The average Bonchev–Trinajstić information content (AvgIpc) is 3.14. The smallest absolute Gasteiger partial charge is 0.348 e. The van der Waals surface area contributed by atoms with E-state index in [1.165, 1.54) is 11.3 Å². The highest BCUT2D eigenvalue weighted by atomic mass is 32.1. The van der Waals surface area contributed by atoms with Crippen molar-refractivity contribution in [2.45, 2.75) is 20.8 Å². The molecule has 0 bridgehead atoms. The molecule has 1 amide bonds. The second-order valence-electron chi connectivity index (χ2n) is 7.56. The van der Waals surface area contributed by atoms with Crippen molar-refractivity contribution in [1.29, 1.82) is 0 Å². The molecule has 1 aromatic carbocycles. The van der Waals surface area contributed by atoms with Gasteiger partial charge in [-0.1, -0.05) is 6.07 Å². The molecular weight excluding hydrogens is 428 g/mol. The summed E-state index contributed by atoms with van der Waals surface area (Å²) < 4.78 is 10.4. The summed E-state index contributed by atoms with van der Waals surface area (Å²) in [4.78, 5) is 39.9. The number of hydrogen-bond acceptors (Lipinski definition) is 8. The lowest BCUT2D eigenvalue weighted by molar-refractivity contribution is 0.0531. The molecule has 9 heteroatoms. The number of aryl methyl sites for hydroxylation is 2. The first kappa shape index (κ1) is 22.0. The summed E-state index contributed by atoms with van der Waals surface area (Å²) in [6, 6.07) is 7.21. The SMILES string of the molecule is CCOC(=O)c1sc2nc(C)nc(N3CCN(C(=O)c4cccc(OC)c4)CC3)c2c1C. The van der Waals surface area contributed by atoms with Crippen LogP contribution in [0.1, 0.15) is 38.3 Å². The van der Waals surface area contributed by atoms with E-state index in [1.54, 1.807) is 26.2 Å². The molecule has 1 saturated heterocycles. The Morgan fingerprint density at radius 2 is 1.88 bits per heavy atom. The van der Waals surface area contributed by atoms with Crippen LogP contribution in [0.2, 0.25) is 0 Å². The molecule has 1 fully saturated rings. The van der Waals surface area contributed by atoms with Crippen molar-refractivity contribution in [2.75, 3.05) is 44.8 Å². The van der Waals surface area contributed by atoms with E-state index in [2.05, 4.69) is 9.88 Å². The Bertz CT molecular complexity index is 1170. The van der Waals surface area contributed by atoms with E-state index in [0.29, 0.717) is 54.8 Å². The molecule has 1 aliphatic heterocycles.